The number of nitro benzene ring substituents is 1. The number of anilines is 1. The molecule has 2 amide bonds. The van der Waals surface area contributed by atoms with Gasteiger partial charge in [-0.05, 0) is 28.3 Å². The molecular weight excluding hydrogens is 416 g/mol. The van der Waals surface area contributed by atoms with Gasteiger partial charge in [0.1, 0.15) is 0 Å². The van der Waals surface area contributed by atoms with E-state index in [9.17, 15) is 19.7 Å². The van der Waals surface area contributed by atoms with E-state index in [0.717, 1.165) is 27.2 Å². The van der Waals surface area contributed by atoms with Gasteiger partial charge >= 0.3 is 0 Å². The lowest BCUT2D eigenvalue weighted by Crippen LogP contribution is -2.41. The molecule has 3 aromatic rings. The van der Waals surface area contributed by atoms with Gasteiger partial charge in [-0.15, -0.1) is 0 Å². The van der Waals surface area contributed by atoms with Crippen LogP contribution in [0, 0.1) is 22.0 Å². The summed E-state index contributed by atoms with van der Waals surface area (Å²) in [4.78, 5) is 39.1. The van der Waals surface area contributed by atoms with Crippen molar-refractivity contribution in [2.24, 2.45) is 11.8 Å². The molecule has 0 spiro atoms. The number of non-ortho nitro benzene ring substituents is 1. The van der Waals surface area contributed by atoms with E-state index in [4.69, 9.17) is 11.6 Å². The number of halogens is 1. The quantitative estimate of drug-likeness (QED) is 0.337. The van der Waals surface area contributed by atoms with Crippen LogP contribution in [0.3, 0.4) is 0 Å². The van der Waals surface area contributed by atoms with E-state index in [0.29, 0.717) is 0 Å². The molecule has 1 fully saturated rings. The first-order valence-corrected chi connectivity index (χ1v) is 10.4. The summed E-state index contributed by atoms with van der Waals surface area (Å²) >= 11 is 6.31. The summed E-state index contributed by atoms with van der Waals surface area (Å²) in [5.74, 6) is -2.29. The van der Waals surface area contributed by atoms with Gasteiger partial charge in [0.2, 0.25) is 11.8 Å². The van der Waals surface area contributed by atoms with Gasteiger partial charge in [-0.3, -0.25) is 19.7 Å². The van der Waals surface area contributed by atoms with Crippen LogP contribution < -0.4 is 4.90 Å². The standard InChI is InChI=1S/C24H15ClN2O4/c25-17-10-9-12(27(30)31)11-18(17)26-23(28)21-19-13-5-1-2-6-14(13)20(22(21)24(26)29)16-8-4-3-7-15(16)19/h1-11,19-22H. The third kappa shape index (κ3) is 2.28. The number of carbonyl (C=O) groups excluding carboxylic acids is 2. The number of imide groups is 1. The fourth-order valence-corrected chi connectivity index (χ4v) is 5.90. The van der Waals surface area contributed by atoms with Crippen molar-refractivity contribution < 1.29 is 14.5 Å². The Bertz CT molecular complexity index is 1200. The molecular formula is C24H15ClN2O4. The predicted octanol–water partition coefficient (Wildman–Crippen LogP) is 4.64. The van der Waals surface area contributed by atoms with Crippen molar-refractivity contribution in [1.82, 2.24) is 0 Å². The Balaban J connectivity index is 1.56. The Morgan fingerprint density at radius 1 is 0.774 bits per heavy atom. The highest BCUT2D eigenvalue weighted by Gasteiger charge is 2.62. The van der Waals surface area contributed by atoms with E-state index in [2.05, 4.69) is 0 Å². The molecule has 0 aromatic heterocycles. The summed E-state index contributed by atoms with van der Waals surface area (Å²) in [7, 11) is 0. The average molecular weight is 431 g/mol. The van der Waals surface area contributed by atoms with E-state index in [1.807, 2.05) is 48.5 Å². The van der Waals surface area contributed by atoms with E-state index >= 15 is 0 Å². The van der Waals surface area contributed by atoms with Crippen molar-refractivity contribution in [2.45, 2.75) is 11.8 Å². The fraction of sp³-hybridized carbons (Fsp3) is 0.167. The first kappa shape index (κ1) is 18.3. The summed E-state index contributed by atoms with van der Waals surface area (Å²) in [6.45, 7) is 0. The van der Waals surface area contributed by atoms with Crippen LogP contribution in [-0.4, -0.2) is 16.7 Å². The maximum Gasteiger partial charge on any atom is 0.271 e. The molecule has 152 valence electrons. The highest BCUT2D eigenvalue weighted by Crippen LogP contribution is 2.61. The Labute approximate surface area is 182 Å². The van der Waals surface area contributed by atoms with Gasteiger partial charge in [-0.25, -0.2) is 4.90 Å². The van der Waals surface area contributed by atoms with Gasteiger partial charge in [-0.1, -0.05) is 60.1 Å². The minimum Gasteiger partial charge on any atom is -0.274 e. The molecule has 0 N–H and O–H groups in total. The van der Waals surface area contributed by atoms with Crippen molar-refractivity contribution in [2.75, 3.05) is 4.90 Å². The van der Waals surface area contributed by atoms with E-state index in [1.165, 1.54) is 18.2 Å². The Morgan fingerprint density at radius 3 is 1.65 bits per heavy atom. The third-order valence-corrected chi connectivity index (χ3v) is 7.15. The van der Waals surface area contributed by atoms with Crippen LogP contribution in [-0.2, 0) is 9.59 Å². The fourth-order valence-electron chi connectivity index (χ4n) is 5.70. The lowest BCUT2D eigenvalue weighted by Gasteiger charge is -2.45. The van der Waals surface area contributed by atoms with Crippen LogP contribution in [0.5, 0.6) is 0 Å². The molecule has 1 heterocycles. The summed E-state index contributed by atoms with van der Waals surface area (Å²) in [5.41, 5.74) is 4.14. The third-order valence-electron chi connectivity index (χ3n) is 6.83. The highest BCUT2D eigenvalue weighted by atomic mass is 35.5. The number of rotatable bonds is 2. The molecule has 1 saturated heterocycles. The second kappa shape index (κ2) is 6.25. The molecule has 0 saturated carbocycles. The maximum absolute atomic E-state index is 13.7. The molecule has 0 radical (unpaired) electrons. The van der Waals surface area contributed by atoms with Gasteiger partial charge in [0, 0.05) is 24.0 Å². The number of nitro groups is 1. The molecule has 7 rings (SSSR count). The smallest absolute Gasteiger partial charge is 0.271 e. The van der Waals surface area contributed by atoms with Crippen molar-refractivity contribution in [1.29, 1.82) is 0 Å². The summed E-state index contributed by atoms with van der Waals surface area (Å²) in [6.07, 6.45) is 0. The van der Waals surface area contributed by atoms with Crippen LogP contribution in [0.1, 0.15) is 34.1 Å². The monoisotopic (exact) mass is 430 g/mol. The highest BCUT2D eigenvalue weighted by molar-refractivity contribution is 6.36. The summed E-state index contributed by atoms with van der Waals surface area (Å²) in [5, 5.41) is 11.4. The first-order valence-electron chi connectivity index (χ1n) is 9.98. The maximum atomic E-state index is 13.7. The number of nitrogens with zero attached hydrogens (tertiary/aromatic N) is 2. The van der Waals surface area contributed by atoms with E-state index in [1.54, 1.807) is 0 Å². The molecule has 2 unspecified atom stereocenters. The predicted molar refractivity (Wildman–Crippen MR) is 114 cm³/mol. The second-order valence-electron chi connectivity index (χ2n) is 8.17. The first-order chi connectivity index (χ1) is 15.0. The van der Waals surface area contributed by atoms with Crippen LogP contribution in [0.2, 0.25) is 5.02 Å². The minimum atomic E-state index is -0.562. The van der Waals surface area contributed by atoms with Crippen molar-refractivity contribution >= 4 is 34.8 Å². The average Bonchev–Trinajstić information content (AvgIpc) is 3.05. The summed E-state index contributed by atoms with van der Waals surface area (Å²) in [6, 6.07) is 19.7. The van der Waals surface area contributed by atoms with Crippen LogP contribution in [0.4, 0.5) is 11.4 Å². The molecule has 2 atom stereocenters. The number of hydrogen-bond donors (Lipinski definition) is 0. The number of carbonyl (C=O) groups is 2. The van der Waals surface area contributed by atoms with Crippen LogP contribution >= 0.6 is 11.6 Å². The van der Waals surface area contributed by atoms with Crippen LogP contribution in [0.25, 0.3) is 0 Å². The zero-order chi connectivity index (χ0) is 21.4. The molecule has 2 bridgehead atoms. The molecule has 3 aromatic carbocycles. The Morgan fingerprint density at radius 2 is 1.23 bits per heavy atom. The zero-order valence-electron chi connectivity index (χ0n) is 16.1. The van der Waals surface area contributed by atoms with Crippen molar-refractivity contribution in [3.8, 4) is 0 Å². The Kier molecular flexibility index (Phi) is 3.68. The second-order valence-corrected chi connectivity index (χ2v) is 8.58. The molecule has 3 aliphatic carbocycles. The Hall–Kier alpha value is -3.51. The zero-order valence-corrected chi connectivity index (χ0v) is 16.8. The molecule has 6 nitrogen and oxygen atoms in total. The molecule has 1 aliphatic heterocycles. The number of hydrogen-bond acceptors (Lipinski definition) is 4. The van der Waals surface area contributed by atoms with Crippen molar-refractivity contribution in [3.05, 3.63) is 104 Å². The lowest BCUT2D eigenvalue weighted by molar-refractivity contribution is -0.384. The minimum absolute atomic E-state index is 0.0766. The molecule has 7 heteroatoms. The van der Waals surface area contributed by atoms with E-state index < -0.39 is 16.8 Å². The van der Waals surface area contributed by atoms with Gasteiger partial charge in [0.05, 0.1) is 27.5 Å². The van der Waals surface area contributed by atoms with Gasteiger partial charge < -0.3 is 0 Å². The topological polar surface area (TPSA) is 80.5 Å². The molecule has 31 heavy (non-hydrogen) atoms. The van der Waals surface area contributed by atoms with Gasteiger partial charge in [0.15, 0.2) is 0 Å². The lowest BCUT2D eigenvalue weighted by atomic mass is 9.55. The number of amides is 2. The largest absolute Gasteiger partial charge is 0.274 e. The van der Waals surface area contributed by atoms with Gasteiger partial charge in [0.25, 0.3) is 5.69 Å². The normalized spacial score (nSPS) is 25.3. The summed E-state index contributed by atoms with van der Waals surface area (Å²) < 4.78 is 0. The van der Waals surface area contributed by atoms with Crippen LogP contribution in [0.15, 0.2) is 66.7 Å². The number of benzene rings is 3. The van der Waals surface area contributed by atoms with Crippen molar-refractivity contribution in [3.63, 3.8) is 0 Å². The SMILES string of the molecule is O=C1C2C3c4ccccc4C(c4ccccc43)C2C(=O)N1c1cc([N+](=O)[O-])ccc1Cl. The molecule has 4 aliphatic rings. The van der Waals surface area contributed by atoms with Gasteiger partial charge in [-0.2, -0.15) is 0 Å². The van der Waals surface area contributed by atoms with E-state index in [-0.39, 0.29) is 40.0 Å².